The van der Waals surface area contributed by atoms with Crippen LogP contribution in [0.5, 0.6) is 0 Å². The maximum Gasteiger partial charge on any atom is 0.309 e. The molecular formula is C33H42N2O5. The number of carbonyl (C=O) groups excluding carboxylic acids is 3. The summed E-state index contributed by atoms with van der Waals surface area (Å²) in [7, 11) is 0. The lowest BCUT2D eigenvalue weighted by Gasteiger charge is -2.29. The lowest BCUT2D eigenvalue weighted by atomic mass is 9.96. The number of amides is 2. The summed E-state index contributed by atoms with van der Waals surface area (Å²) >= 11 is 0. The molecule has 0 aliphatic carbocycles. The number of rotatable bonds is 16. The van der Waals surface area contributed by atoms with Gasteiger partial charge in [0.05, 0.1) is 30.5 Å². The number of nitrogens with zero attached hydrogens (tertiary/aromatic N) is 1. The first-order chi connectivity index (χ1) is 19.4. The maximum atomic E-state index is 13.5. The van der Waals surface area contributed by atoms with E-state index in [1.165, 1.54) is 0 Å². The predicted molar refractivity (Wildman–Crippen MR) is 156 cm³/mol. The van der Waals surface area contributed by atoms with E-state index in [1.807, 2.05) is 60.7 Å². The Kier molecular flexibility index (Phi) is 12.6. The molecule has 1 aliphatic heterocycles. The van der Waals surface area contributed by atoms with E-state index in [4.69, 9.17) is 4.74 Å². The normalized spacial score (nSPS) is 16.9. The lowest BCUT2D eigenvalue weighted by Crippen LogP contribution is -2.45. The highest BCUT2D eigenvalue weighted by Gasteiger charge is 2.35. The quantitative estimate of drug-likeness (QED) is 0.242. The van der Waals surface area contributed by atoms with Crippen LogP contribution in [0.1, 0.15) is 43.2 Å². The largest absolute Gasteiger partial charge is 0.463 e. The molecule has 0 spiro atoms. The van der Waals surface area contributed by atoms with Crippen molar-refractivity contribution < 1.29 is 24.2 Å². The van der Waals surface area contributed by atoms with E-state index in [2.05, 4.69) is 18.5 Å². The van der Waals surface area contributed by atoms with Crippen LogP contribution in [0.4, 0.5) is 0 Å². The van der Waals surface area contributed by atoms with Gasteiger partial charge in [-0.1, -0.05) is 72.8 Å². The molecule has 1 saturated heterocycles. The Morgan fingerprint density at radius 1 is 0.950 bits per heavy atom. The third-order valence-corrected chi connectivity index (χ3v) is 7.33. The highest BCUT2D eigenvalue weighted by molar-refractivity contribution is 5.86. The molecule has 2 aromatic rings. The predicted octanol–water partition coefficient (Wildman–Crippen LogP) is 4.26. The minimum atomic E-state index is -0.573. The molecule has 1 heterocycles. The third-order valence-electron chi connectivity index (χ3n) is 7.33. The molecule has 2 aromatic carbocycles. The van der Waals surface area contributed by atoms with E-state index in [0.29, 0.717) is 32.2 Å². The number of benzene rings is 2. The lowest BCUT2D eigenvalue weighted by molar-refractivity contribution is -0.152. The van der Waals surface area contributed by atoms with Crippen LogP contribution in [0.2, 0.25) is 0 Å². The molecule has 0 aromatic heterocycles. The van der Waals surface area contributed by atoms with Crippen LogP contribution in [-0.2, 0) is 32.0 Å². The molecule has 40 heavy (non-hydrogen) atoms. The fraction of sp³-hybridized carbons (Fsp3) is 0.424. The van der Waals surface area contributed by atoms with Crippen LogP contribution in [0.25, 0.3) is 0 Å². The summed E-state index contributed by atoms with van der Waals surface area (Å²) in [5, 5.41) is 12.7. The number of esters is 1. The number of aliphatic hydroxyl groups excluding tert-OH is 1. The zero-order valence-electron chi connectivity index (χ0n) is 23.3. The third kappa shape index (κ3) is 9.49. The van der Waals surface area contributed by atoms with Gasteiger partial charge in [0.2, 0.25) is 11.8 Å². The molecule has 7 heteroatoms. The number of carbonyl (C=O) groups is 3. The van der Waals surface area contributed by atoms with Crippen molar-refractivity contribution in [3.8, 4) is 0 Å². The molecule has 7 nitrogen and oxygen atoms in total. The van der Waals surface area contributed by atoms with Gasteiger partial charge in [-0.05, 0) is 49.7 Å². The zero-order chi connectivity index (χ0) is 28.7. The van der Waals surface area contributed by atoms with Gasteiger partial charge in [0.1, 0.15) is 6.61 Å². The monoisotopic (exact) mass is 546 g/mol. The average Bonchev–Trinajstić information content (AvgIpc) is 3.44. The van der Waals surface area contributed by atoms with Crippen LogP contribution in [0.3, 0.4) is 0 Å². The minimum Gasteiger partial charge on any atom is -0.463 e. The van der Waals surface area contributed by atoms with Crippen molar-refractivity contribution in [1.82, 2.24) is 10.2 Å². The second-order valence-electron chi connectivity index (χ2n) is 10.4. The molecule has 1 aliphatic rings. The molecule has 2 amide bonds. The first kappa shape index (κ1) is 30.8. The Morgan fingerprint density at radius 2 is 1.55 bits per heavy atom. The molecule has 2 N–H and O–H groups in total. The van der Waals surface area contributed by atoms with Gasteiger partial charge in [0.15, 0.2) is 0 Å². The van der Waals surface area contributed by atoms with E-state index in [-0.39, 0.29) is 49.4 Å². The van der Waals surface area contributed by atoms with E-state index in [1.54, 1.807) is 17.1 Å². The Morgan fingerprint density at radius 3 is 2.15 bits per heavy atom. The van der Waals surface area contributed by atoms with E-state index >= 15 is 0 Å². The van der Waals surface area contributed by atoms with Gasteiger partial charge in [0, 0.05) is 13.0 Å². The molecule has 1 fully saturated rings. The van der Waals surface area contributed by atoms with Crippen LogP contribution >= 0.6 is 0 Å². The van der Waals surface area contributed by atoms with Crippen molar-refractivity contribution in [2.75, 3.05) is 19.8 Å². The van der Waals surface area contributed by atoms with E-state index in [9.17, 15) is 19.5 Å². The summed E-state index contributed by atoms with van der Waals surface area (Å²) < 4.78 is 5.73. The van der Waals surface area contributed by atoms with Crippen molar-refractivity contribution in [1.29, 1.82) is 0 Å². The molecule has 4 atom stereocenters. The van der Waals surface area contributed by atoms with Crippen molar-refractivity contribution in [2.45, 2.75) is 57.0 Å². The fourth-order valence-corrected chi connectivity index (χ4v) is 5.24. The number of likely N-dealkylation sites (tertiary alicyclic amines) is 1. The molecule has 4 unspecified atom stereocenters. The smallest absolute Gasteiger partial charge is 0.309 e. The van der Waals surface area contributed by atoms with Crippen LogP contribution < -0.4 is 5.32 Å². The van der Waals surface area contributed by atoms with Gasteiger partial charge in [-0.3, -0.25) is 14.4 Å². The van der Waals surface area contributed by atoms with Crippen molar-refractivity contribution >= 4 is 17.8 Å². The number of nitrogens with one attached hydrogen (secondary N) is 1. The molecule has 0 radical (unpaired) electrons. The number of aliphatic hydroxyl groups is 1. The average molecular weight is 547 g/mol. The second-order valence-corrected chi connectivity index (χ2v) is 10.4. The van der Waals surface area contributed by atoms with E-state index in [0.717, 1.165) is 24.0 Å². The molecule has 214 valence electrons. The Bertz CT molecular complexity index is 1100. The SMILES string of the molecule is C=CCC(Cc1ccccc1)C(=O)OCC1CCCN1C(=O)C(CC=C)CC(=O)NC(CO)Cc1ccccc1. The van der Waals surface area contributed by atoms with E-state index < -0.39 is 12.0 Å². The summed E-state index contributed by atoms with van der Waals surface area (Å²) in [6.45, 7) is 8.06. The first-order valence-corrected chi connectivity index (χ1v) is 14.1. The standard InChI is InChI=1S/C33H42N2O5/c1-3-12-27(22-31(37)34-29(23-36)21-26-16-9-6-10-17-26)32(38)35-19-11-18-30(35)24-40-33(39)28(13-4-2)20-25-14-7-5-8-15-25/h3-10,14-17,27-30,36H,1-2,11-13,18-24H2,(H,34,37). The number of hydrogen-bond acceptors (Lipinski definition) is 5. The molecule has 0 bridgehead atoms. The van der Waals surface area contributed by atoms with Gasteiger partial charge >= 0.3 is 5.97 Å². The van der Waals surface area contributed by atoms with Crippen LogP contribution in [-0.4, -0.2) is 59.6 Å². The topological polar surface area (TPSA) is 95.9 Å². The zero-order valence-corrected chi connectivity index (χ0v) is 23.3. The summed E-state index contributed by atoms with van der Waals surface area (Å²) in [5.41, 5.74) is 2.07. The van der Waals surface area contributed by atoms with Gasteiger partial charge in [-0.15, -0.1) is 13.2 Å². The number of allylic oxidation sites excluding steroid dienone is 2. The van der Waals surface area contributed by atoms with Crippen LogP contribution in [0.15, 0.2) is 86.0 Å². The summed E-state index contributed by atoms with van der Waals surface area (Å²) in [4.78, 5) is 41.1. The van der Waals surface area contributed by atoms with Gasteiger partial charge in [-0.25, -0.2) is 0 Å². The molecule has 0 saturated carbocycles. The van der Waals surface area contributed by atoms with Gasteiger partial charge in [0.25, 0.3) is 0 Å². The van der Waals surface area contributed by atoms with Crippen molar-refractivity contribution in [3.05, 3.63) is 97.1 Å². The fourth-order valence-electron chi connectivity index (χ4n) is 5.24. The Balaban J connectivity index is 1.56. The highest BCUT2D eigenvalue weighted by atomic mass is 16.5. The maximum absolute atomic E-state index is 13.5. The summed E-state index contributed by atoms with van der Waals surface area (Å²) in [6.07, 6.45) is 6.86. The number of ether oxygens (including phenoxy) is 1. The van der Waals surface area contributed by atoms with Crippen molar-refractivity contribution in [3.63, 3.8) is 0 Å². The second kappa shape index (κ2) is 16.4. The number of hydrogen-bond donors (Lipinski definition) is 2. The minimum absolute atomic E-state index is 0.00235. The molecular weight excluding hydrogens is 504 g/mol. The Labute approximate surface area is 237 Å². The van der Waals surface area contributed by atoms with Gasteiger partial charge in [-0.2, -0.15) is 0 Å². The first-order valence-electron chi connectivity index (χ1n) is 14.1. The Hall–Kier alpha value is -3.71. The molecule has 3 rings (SSSR count). The highest BCUT2D eigenvalue weighted by Crippen LogP contribution is 2.24. The van der Waals surface area contributed by atoms with Crippen LogP contribution in [0, 0.1) is 11.8 Å². The van der Waals surface area contributed by atoms with Gasteiger partial charge < -0.3 is 20.1 Å². The summed E-state index contributed by atoms with van der Waals surface area (Å²) in [6, 6.07) is 18.8. The van der Waals surface area contributed by atoms with Crippen molar-refractivity contribution in [2.24, 2.45) is 11.8 Å². The summed E-state index contributed by atoms with van der Waals surface area (Å²) in [5.74, 6) is -1.62.